The number of nitrogens with one attached hydrogen (secondary N) is 1. The van der Waals surface area contributed by atoms with Gasteiger partial charge in [-0.3, -0.25) is 0 Å². The van der Waals surface area contributed by atoms with Gasteiger partial charge >= 0.3 is 5.97 Å². The molecule has 5 nitrogen and oxygen atoms in total. The van der Waals surface area contributed by atoms with Crippen LogP contribution < -0.4 is 14.8 Å². The van der Waals surface area contributed by atoms with Crippen molar-refractivity contribution in [1.82, 2.24) is 0 Å². The van der Waals surface area contributed by atoms with Crippen LogP contribution in [0.1, 0.15) is 5.56 Å². The highest BCUT2D eigenvalue weighted by Gasteiger charge is 2.05. The monoisotopic (exact) mass is 349 g/mol. The van der Waals surface area contributed by atoms with E-state index in [4.69, 9.17) is 14.6 Å². The minimum absolute atomic E-state index is 0.359. The molecule has 0 unspecified atom stereocenters. The van der Waals surface area contributed by atoms with Crippen molar-refractivity contribution in [3.05, 3.63) is 84.4 Å². The Kier molecular flexibility index (Phi) is 5.72. The van der Waals surface area contributed by atoms with E-state index in [1.165, 1.54) is 0 Å². The molecule has 0 radical (unpaired) electrons. The molecule has 0 aromatic heterocycles. The smallest absolute Gasteiger partial charge is 0.341 e. The molecule has 0 saturated carbocycles. The lowest BCUT2D eigenvalue weighted by atomic mass is 10.2. The first-order chi connectivity index (χ1) is 12.7. The standard InChI is InChI=1S/C21H19NO4/c23-21(24)15-25-20-9-5-4-6-16(20)14-22-17-10-12-19(13-11-17)26-18-7-2-1-3-8-18/h1-13,22H,14-15H2,(H,23,24). The van der Waals surface area contributed by atoms with Crippen molar-refractivity contribution in [3.8, 4) is 17.2 Å². The Morgan fingerprint density at radius 1 is 0.846 bits per heavy atom. The molecule has 0 amide bonds. The summed E-state index contributed by atoms with van der Waals surface area (Å²) in [6.45, 7) is 0.164. The number of hydrogen-bond donors (Lipinski definition) is 2. The number of para-hydroxylation sites is 2. The number of carbonyl (C=O) groups is 1. The summed E-state index contributed by atoms with van der Waals surface area (Å²) in [6.07, 6.45) is 0. The van der Waals surface area contributed by atoms with Crippen LogP contribution in [0.15, 0.2) is 78.9 Å². The van der Waals surface area contributed by atoms with Crippen LogP contribution in [0.3, 0.4) is 0 Å². The van der Waals surface area contributed by atoms with E-state index in [1.807, 2.05) is 72.8 Å². The molecule has 0 spiro atoms. The van der Waals surface area contributed by atoms with E-state index in [0.29, 0.717) is 12.3 Å². The molecule has 2 N–H and O–H groups in total. The van der Waals surface area contributed by atoms with Gasteiger partial charge in [0.25, 0.3) is 0 Å². The summed E-state index contributed by atoms with van der Waals surface area (Å²) in [5.41, 5.74) is 1.82. The topological polar surface area (TPSA) is 67.8 Å². The number of hydrogen-bond acceptors (Lipinski definition) is 4. The number of anilines is 1. The predicted molar refractivity (Wildman–Crippen MR) is 99.9 cm³/mol. The molecule has 0 saturated heterocycles. The molecule has 132 valence electrons. The molecule has 3 aromatic carbocycles. The van der Waals surface area contributed by atoms with Gasteiger partial charge in [-0.25, -0.2) is 4.79 Å². The molecule has 3 aromatic rings. The average Bonchev–Trinajstić information content (AvgIpc) is 2.67. The third kappa shape index (κ3) is 5.01. The van der Waals surface area contributed by atoms with E-state index in [0.717, 1.165) is 22.7 Å². The first-order valence-corrected chi connectivity index (χ1v) is 8.20. The summed E-state index contributed by atoms with van der Waals surface area (Å²) < 4.78 is 11.1. The molecule has 0 bridgehead atoms. The quantitative estimate of drug-likeness (QED) is 0.624. The van der Waals surface area contributed by atoms with Crippen LogP contribution in [0.2, 0.25) is 0 Å². The van der Waals surface area contributed by atoms with E-state index >= 15 is 0 Å². The molecule has 0 aliphatic carbocycles. The highest BCUT2D eigenvalue weighted by Crippen LogP contribution is 2.24. The fourth-order valence-corrected chi connectivity index (χ4v) is 2.39. The van der Waals surface area contributed by atoms with E-state index < -0.39 is 5.97 Å². The number of carboxylic acid groups (broad SMARTS) is 1. The first-order valence-electron chi connectivity index (χ1n) is 8.20. The number of carboxylic acids is 1. The SMILES string of the molecule is O=C(O)COc1ccccc1CNc1ccc(Oc2ccccc2)cc1. The number of aliphatic carboxylic acids is 1. The third-order valence-corrected chi connectivity index (χ3v) is 3.64. The Hall–Kier alpha value is -3.47. The number of rotatable bonds is 8. The normalized spacial score (nSPS) is 10.2. The molecular formula is C21H19NO4. The van der Waals surface area contributed by atoms with Crippen LogP contribution in [0.25, 0.3) is 0 Å². The van der Waals surface area contributed by atoms with Crippen LogP contribution in [0.4, 0.5) is 5.69 Å². The summed E-state index contributed by atoms with van der Waals surface area (Å²) in [5, 5.41) is 12.0. The lowest BCUT2D eigenvalue weighted by Crippen LogP contribution is -2.11. The van der Waals surface area contributed by atoms with Crippen LogP contribution in [0, 0.1) is 0 Å². The second kappa shape index (κ2) is 8.58. The molecule has 0 heterocycles. The lowest BCUT2D eigenvalue weighted by molar-refractivity contribution is -0.139. The first kappa shape index (κ1) is 17.4. The van der Waals surface area contributed by atoms with Crippen LogP contribution in [-0.4, -0.2) is 17.7 Å². The summed E-state index contributed by atoms with van der Waals surface area (Å²) in [4.78, 5) is 10.7. The second-order valence-electron chi connectivity index (χ2n) is 5.58. The number of ether oxygens (including phenoxy) is 2. The fourth-order valence-electron chi connectivity index (χ4n) is 2.39. The summed E-state index contributed by atoms with van der Waals surface area (Å²) >= 11 is 0. The molecule has 0 aliphatic rings. The van der Waals surface area contributed by atoms with Crippen LogP contribution >= 0.6 is 0 Å². The maximum atomic E-state index is 10.7. The van der Waals surface area contributed by atoms with Crippen molar-refractivity contribution in [2.45, 2.75) is 6.54 Å². The van der Waals surface area contributed by atoms with Gasteiger partial charge < -0.3 is 19.9 Å². The van der Waals surface area contributed by atoms with Gasteiger partial charge in [0.2, 0.25) is 0 Å². The number of benzene rings is 3. The highest BCUT2D eigenvalue weighted by atomic mass is 16.5. The van der Waals surface area contributed by atoms with Crippen LogP contribution in [-0.2, 0) is 11.3 Å². The zero-order valence-electron chi connectivity index (χ0n) is 14.1. The van der Waals surface area contributed by atoms with Crippen molar-refractivity contribution >= 4 is 11.7 Å². The predicted octanol–water partition coefficient (Wildman–Crippen LogP) is 4.55. The minimum atomic E-state index is -0.998. The maximum Gasteiger partial charge on any atom is 0.341 e. The van der Waals surface area contributed by atoms with E-state index in [-0.39, 0.29) is 6.61 Å². The van der Waals surface area contributed by atoms with Crippen molar-refractivity contribution in [2.24, 2.45) is 0 Å². The van der Waals surface area contributed by atoms with Crippen molar-refractivity contribution in [2.75, 3.05) is 11.9 Å². The van der Waals surface area contributed by atoms with Gasteiger partial charge in [-0.2, -0.15) is 0 Å². The summed E-state index contributed by atoms with van der Waals surface area (Å²) in [7, 11) is 0. The van der Waals surface area contributed by atoms with Crippen molar-refractivity contribution < 1.29 is 19.4 Å². The Labute approximate surface area is 151 Å². The molecule has 3 rings (SSSR count). The largest absolute Gasteiger partial charge is 0.482 e. The second-order valence-corrected chi connectivity index (χ2v) is 5.58. The van der Waals surface area contributed by atoms with Gasteiger partial charge in [-0.1, -0.05) is 36.4 Å². The van der Waals surface area contributed by atoms with Gasteiger partial charge in [-0.15, -0.1) is 0 Å². The zero-order valence-corrected chi connectivity index (χ0v) is 14.1. The highest BCUT2D eigenvalue weighted by molar-refractivity contribution is 5.68. The minimum Gasteiger partial charge on any atom is -0.482 e. The lowest BCUT2D eigenvalue weighted by Gasteiger charge is -2.12. The Morgan fingerprint density at radius 2 is 1.50 bits per heavy atom. The van der Waals surface area contributed by atoms with Crippen LogP contribution in [0.5, 0.6) is 17.2 Å². The van der Waals surface area contributed by atoms with Crippen molar-refractivity contribution in [1.29, 1.82) is 0 Å². The fraction of sp³-hybridized carbons (Fsp3) is 0.0952. The molecule has 26 heavy (non-hydrogen) atoms. The van der Waals surface area contributed by atoms with Gasteiger partial charge in [0, 0.05) is 17.8 Å². The summed E-state index contributed by atoms with van der Waals surface area (Å²) in [6, 6.07) is 24.6. The van der Waals surface area contributed by atoms with E-state index in [9.17, 15) is 4.79 Å². The van der Waals surface area contributed by atoms with Gasteiger partial charge in [0.15, 0.2) is 6.61 Å². The van der Waals surface area contributed by atoms with E-state index in [2.05, 4.69) is 5.32 Å². The Bertz CT molecular complexity index is 847. The van der Waals surface area contributed by atoms with Crippen molar-refractivity contribution in [3.63, 3.8) is 0 Å². The molecule has 5 heteroatoms. The molecule has 0 fully saturated rings. The molecule has 0 aliphatic heterocycles. The molecule has 0 atom stereocenters. The van der Waals surface area contributed by atoms with E-state index in [1.54, 1.807) is 6.07 Å². The zero-order chi connectivity index (χ0) is 18.2. The molecular weight excluding hydrogens is 330 g/mol. The van der Waals surface area contributed by atoms with Gasteiger partial charge in [0.05, 0.1) is 0 Å². The third-order valence-electron chi connectivity index (χ3n) is 3.64. The van der Waals surface area contributed by atoms with Gasteiger partial charge in [0.1, 0.15) is 17.2 Å². The Morgan fingerprint density at radius 3 is 2.23 bits per heavy atom. The summed E-state index contributed by atoms with van der Waals surface area (Å²) in [5.74, 6) is 1.11. The Balaban J connectivity index is 1.59. The van der Waals surface area contributed by atoms with Gasteiger partial charge in [-0.05, 0) is 42.5 Å². The maximum absolute atomic E-state index is 10.7. The average molecular weight is 349 g/mol.